The summed E-state index contributed by atoms with van der Waals surface area (Å²) in [5, 5.41) is 0.461. The Balaban J connectivity index is 1.74. The van der Waals surface area contributed by atoms with Crippen molar-refractivity contribution in [2.75, 3.05) is 11.4 Å². The van der Waals surface area contributed by atoms with Gasteiger partial charge in [0.05, 0.1) is 15.6 Å². The lowest BCUT2D eigenvalue weighted by Crippen LogP contribution is -2.23. The maximum absolute atomic E-state index is 12.2. The summed E-state index contributed by atoms with van der Waals surface area (Å²) >= 11 is 11.9. The van der Waals surface area contributed by atoms with E-state index in [1.54, 1.807) is 47.4 Å². The molecule has 0 aromatic heterocycles. The monoisotopic (exact) mass is 349 g/mol. The molecule has 23 heavy (non-hydrogen) atoms. The molecule has 118 valence electrons. The molecule has 0 radical (unpaired) electrons. The molecule has 2 aromatic rings. The fourth-order valence-corrected chi connectivity index (χ4v) is 2.82. The minimum absolute atomic E-state index is 0.112. The molecule has 1 saturated heterocycles. The van der Waals surface area contributed by atoms with E-state index in [1.165, 1.54) is 0 Å². The van der Waals surface area contributed by atoms with Crippen LogP contribution in [0.3, 0.4) is 0 Å². The molecule has 0 spiro atoms. The van der Waals surface area contributed by atoms with Gasteiger partial charge >= 0.3 is 5.97 Å². The zero-order valence-corrected chi connectivity index (χ0v) is 13.6. The Morgan fingerprint density at radius 3 is 2.48 bits per heavy atom. The van der Waals surface area contributed by atoms with Gasteiger partial charge in [0.15, 0.2) is 0 Å². The summed E-state index contributed by atoms with van der Waals surface area (Å²) in [4.78, 5) is 25.6. The van der Waals surface area contributed by atoms with Crippen LogP contribution in [-0.4, -0.2) is 18.4 Å². The first-order valence-corrected chi connectivity index (χ1v) is 7.88. The first kappa shape index (κ1) is 15.8. The minimum Gasteiger partial charge on any atom is -0.423 e. The lowest BCUT2D eigenvalue weighted by Gasteiger charge is -2.15. The molecule has 1 heterocycles. The molecule has 2 aromatic carbocycles. The normalized spacial score (nSPS) is 14.2. The zero-order valence-electron chi connectivity index (χ0n) is 12.1. The molecule has 0 N–H and O–H groups in total. The van der Waals surface area contributed by atoms with Crippen LogP contribution in [0.15, 0.2) is 42.5 Å². The first-order valence-electron chi connectivity index (χ1n) is 7.13. The van der Waals surface area contributed by atoms with Crippen molar-refractivity contribution in [3.8, 4) is 5.75 Å². The molecule has 0 aliphatic carbocycles. The fourth-order valence-electron chi connectivity index (χ4n) is 2.44. The van der Waals surface area contributed by atoms with Crippen LogP contribution in [0.2, 0.25) is 10.0 Å². The lowest BCUT2D eigenvalue weighted by atomic mass is 10.2. The summed E-state index contributed by atoms with van der Waals surface area (Å²) in [5.41, 5.74) is 1.01. The third-order valence-corrected chi connectivity index (χ3v) is 4.42. The molecule has 1 fully saturated rings. The van der Waals surface area contributed by atoms with Crippen molar-refractivity contribution in [2.24, 2.45) is 0 Å². The predicted octanol–water partition coefficient (Wildman–Crippen LogP) is 4.34. The number of carbonyl (C=O) groups is 2. The number of benzene rings is 2. The third kappa shape index (κ3) is 3.33. The van der Waals surface area contributed by atoms with E-state index >= 15 is 0 Å². The van der Waals surface area contributed by atoms with Crippen molar-refractivity contribution in [1.82, 2.24) is 0 Å². The maximum atomic E-state index is 12.2. The summed E-state index contributed by atoms with van der Waals surface area (Å²) in [6.07, 6.45) is 1.44. The van der Waals surface area contributed by atoms with Crippen LogP contribution < -0.4 is 9.64 Å². The Hall–Kier alpha value is -2.04. The van der Waals surface area contributed by atoms with E-state index in [0.717, 1.165) is 18.7 Å². The van der Waals surface area contributed by atoms with Crippen molar-refractivity contribution in [2.45, 2.75) is 12.8 Å². The molecule has 0 saturated carbocycles. The second-order valence-electron chi connectivity index (χ2n) is 5.13. The molecule has 0 unspecified atom stereocenters. The number of hydrogen-bond acceptors (Lipinski definition) is 3. The van der Waals surface area contributed by atoms with Crippen molar-refractivity contribution < 1.29 is 14.3 Å². The van der Waals surface area contributed by atoms with E-state index in [2.05, 4.69) is 0 Å². The number of carbonyl (C=O) groups excluding carboxylic acids is 2. The Labute approximate surface area is 143 Å². The van der Waals surface area contributed by atoms with E-state index in [9.17, 15) is 9.59 Å². The molecule has 0 atom stereocenters. The van der Waals surface area contributed by atoms with Gasteiger partial charge < -0.3 is 9.64 Å². The molecule has 1 aliphatic rings. The number of esters is 1. The summed E-state index contributed by atoms with van der Waals surface area (Å²) in [6.45, 7) is 0.718. The minimum atomic E-state index is -0.581. The molecule has 4 nitrogen and oxygen atoms in total. The van der Waals surface area contributed by atoms with Gasteiger partial charge in [-0.05, 0) is 42.8 Å². The van der Waals surface area contributed by atoms with Gasteiger partial charge in [0.1, 0.15) is 5.75 Å². The quantitative estimate of drug-likeness (QED) is 0.611. The highest BCUT2D eigenvalue weighted by Gasteiger charge is 2.21. The van der Waals surface area contributed by atoms with Crippen molar-refractivity contribution in [3.63, 3.8) is 0 Å². The van der Waals surface area contributed by atoms with E-state index in [0.29, 0.717) is 17.2 Å². The van der Waals surface area contributed by atoms with Gasteiger partial charge in [-0.3, -0.25) is 4.79 Å². The van der Waals surface area contributed by atoms with Gasteiger partial charge in [0.25, 0.3) is 0 Å². The van der Waals surface area contributed by atoms with Crippen molar-refractivity contribution in [1.29, 1.82) is 0 Å². The van der Waals surface area contributed by atoms with Gasteiger partial charge in [-0.15, -0.1) is 0 Å². The van der Waals surface area contributed by atoms with Gasteiger partial charge in [-0.2, -0.15) is 0 Å². The van der Waals surface area contributed by atoms with Gasteiger partial charge in [0, 0.05) is 18.7 Å². The SMILES string of the molecule is O=C(Oc1ccc(N2CCCC2=O)cc1)c1cccc(Cl)c1Cl. The number of halogens is 2. The highest BCUT2D eigenvalue weighted by atomic mass is 35.5. The fraction of sp³-hybridized carbons (Fsp3) is 0.176. The van der Waals surface area contributed by atoms with Crippen LogP contribution in [0, 0.1) is 0 Å². The second kappa shape index (κ2) is 6.60. The summed E-state index contributed by atoms with van der Waals surface area (Å²) in [6, 6.07) is 11.6. The molecule has 1 amide bonds. The first-order chi connectivity index (χ1) is 11.1. The van der Waals surface area contributed by atoms with Crippen LogP contribution in [0.4, 0.5) is 5.69 Å². The van der Waals surface area contributed by atoms with Crippen LogP contribution in [0.25, 0.3) is 0 Å². The number of anilines is 1. The van der Waals surface area contributed by atoms with E-state index in [-0.39, 0.29) is 16.5 Å². The Morgan fingerprint density at radius 2 is 1.83 bits per heavy atom. The molecule has 0 bridgehead atoms. The standard InChI is InChI=1S/C17H13Cl2NO3/c18-14-4-1-3-13(16(14)19)17(22)23-12-8-6-11(7-9-12)20-10-2-5-15(20)21/h1,3-4,6-9H,2,5,10H2. The smallest absolute Gasteiger partial charge is 0.345 e. The van der Waals surface area contributed by atoms with Crippen LogP contribution >= 0.6 is 23.2 Å². The lowest BCUT2D eigenvalue weighted by molar-refractivity contribution is -0.117. The van der Waals surface area contributed by atoms with E-state index < -0.39 is 5.97 Å². The van der Waals surface area contributed by atoms with Crippen LogP contribution in [-0.2, 0) is 4.79 Å². The summed E-state index contributed by atoms with van der Waals surface area (Å²) in [5.74, 6) is -0.0932. The third-order valence-electron chi connectivity index (χ3n) is 3.60. The topological polar surface area (TPSA) is 46.6 Å². The molecular weight excluding hydrogens is 337 g/mol. The molecular formula is C17H13Cl2NO3. The van der Waals surface area contributed by atoms with Crippen LogP contribution in [0.1, 0.15) is 23.2 Å². The number of amides is 1. The average molecular weight is 350 g/mol. The Bertz CT molecular complexity index is 759. The molecule has 3 rings (SSSR count). The summed E-state index contributed by atoms with van der Waals surface area (Å²) < 4.78 is 5.30. The molecule has 6 heteroatoms. The van der Waals surface area contributed by atoms with Crippen molar-refractivity contribution in [3.05, 3.63) is 58.1 Å². The highest BCUT2D eigenvalue weighted by molar-refractivity contribution is 6.43. The maximum Gasteiger partial charge on any atom is 0.345 e. The largest absolute Gasteiger partial charge is 0.423 e. The Morgan fingerprint density at radius 1 is 1.09 bits per heavy atom. The second-order valence-corrected chi connectivity index (χ2v) is 5.92. The predicted molar refractivity (Wildman–Crippen MR) is 89.4 cm³/mol. The number of ether oxygens (including phenoxy) is 1. The van der Waals surface area contributed by atoms with Gasteiger partial charge in [0.2, 0.25) is 5.91 Å². The highest BCUT2D eigenvalue weighted by Crippen LogP contribution is 2.28. The van der Waals surface area contributed by atoms with Crippen molar-refractivity contribution >= 4 is 40.8 Å². The van der Waals surface area contributed by atoms with Gasteiger partial charge in [-0.1, -0.05) is 29.3 Å². The average Bonchev–Trinajstić information content (AvgIpc) is 2.97. The number of nitrogens with zero attached hydrogens (tertiary/aromatic N) is 1. The number of rotatable bonds is 3. The summed E-state index contributed by atoms with van der Waals surface area (Å²) in [7, 11) is 0. The van der Waals surface area contributed by atoms with Crippen LogP contribution in [0.5, 0.6) is 5.75 Å². The van der Waals surface area contributed by atoms with Gasteiger partial charge in [-0.25, -0.2) is 4.79 Å². The number of hydrogen-bond donors (Lipinski definition) is 0. The van der Waals surface area contributed by atoms with E-state index in [1.807, 2.05) is 0 Å². The Kier molecular flexibility index (Phi) is 4.55. The van der Waals surface area contributed by atoms with E-state index in [4.69, 9.17) is 27.9 Å². The molecule has 1 aliphatic heterocycles. The zero-order chi connectivity index (χ0) is 16.4.